The minimum atomic E-state index is -0.361. The summed E-state index contributed by atoms with van der Waals surface area (Å²) in [4.78, 5) is 44.4. The lowest BCUT2D eigenvalue weighted by molar-refractivity contribution is -0.114. The average Bonchev–Trinajstić information content (AvgIpc) is 3.44. The fourth-order valence-electron chi connectivity index (χ4n) is 4.97. The van der Waals surface area contributed by atoms with Crippen molar-refractivity contribution in [1.29, 1.82) is 0 Å². The molecule has 1 atom stereocenters. The molecule has 2 fully saturated rings. The Labute approximate surface area is 179 Å². The fraction of sp³-hybridized carbons (Fsp3) is 0.160. The Morgan fingerprint density at radius 2 is 1.74 bits per heavy atom. The van der Waals surface area contributed by atoms with E-state index in [1.165, 1.54) is 4.90 Å². The Morgan fingerprint density at radius 3 is 2.58 bits per heavy atom. The highest BCUT2D eigenvalue weighted by molar-refractivity contribution is 6.30. The normalized spacial score (nSPS) is 19.8. The van der Waals surface area contributed by atoms with E-state index in [1.807, 2.05) is 61.5 Å². The number of benzene rings is 3. The van der Waals surface area contributed by atoms with E-state index < -0.39 is 0 Å². The highest BCUT2D eigenvalue weighted by Crippen LogP contribution is 2.45. The summed E-state index contributed by atoms with van der Waals surface area (Å²) in [6.07, 6.45) is 0.535. The summed E-state index contributed by atoms with van der Waals surface area (Å²) in [5.41, 5.74) is 3.16. The second-order valence-corrected chi connectivity index (χ2v) is 8.23. The van der Waals surface area contributed by atoms with Crippen molar-refractivity contribution < 1.29 is 14.4 Å². The molecular formula is C25H19N3O3. The maximum atomic E-state index is 13.5. The highest BCUT2D eigenvalue weighted by atomic mass is 16.2. The number of carbonyl (C=O) groups excluding carboxylic acids is 3. The molecule has 0 aromatic heterocycles. The van der Waals surface area contributed by atoms with Gasteiger partial charge in [-0.15, -0.1) is 0 Å². The topological polar surface area (TPSA) is 60.9 Å². The smallest absolute Gasteiger partial charge is 0.308 e. The van der Waals surface area contributed by atoms with Gasteiger partial charge in [0, 0.05) is 23.9 Å². The zero-order valence-electron chi connectivity index (χ0n) is 16.9. The zero-order valence-corrected chi connectivity index (χ0v) is 16.9. The van der Waals surface area contributed by atoms with Crippen molar-refractivity contribution in [2.45, 2.75) is 19.4 Å². The van der Waals surface area contributed by atoms with Crippen molar-refractivity contribution >= 4 is 34.3 Å². The van der Waals surface area contributed by atoms with Gasteiger partial charge < -0.3 is 4.90 Å². The molecule has 6 heteroatoms. The first-order valence-corrected chi connectivity index (χ1v) is 10.3. The van der Waals surface area contributed by atoms with Crippen LogP contribution in [0.1, 0.15) is 22.3 Å². The number of urea groups is 1. The van der Waals surface area contributed by atoms with Gasteiger partial charge in [-0.1, -0.05) is 54.1 Å². The number of anilines is 1. The molecule has 0 spiro atoms. The van der Waals surface area contributed by atoms with Gasteiger partial charge >= 0.3 is 6.03 Å². The van der Waals surface area contributed by atoms with E-state index >= 15 is 0 Å². The maximum absolute atomic E-state index is 13.5. The number of hydrogen-bond acceptors (Lipinski definition) is 3. The highest BCUT2D eigenvalue weighted by Gasteiger charge is 2.56. The van der Waals surface area contributed by atoms with Crippen LogP contribution in [0.2, 0.25) is 0 Å². The molecule has 0 aliphatic carbocycles. The predicted molar refractivity (Wildman–Crippen MR) is 116 cm³/mol. The van der Waals surface area contributed by atoms with E-state index in [9.17, 15) is 14.4 Å². The largest absolute Gasteiger partial charge is 0.336 e. The molecule has 4 amide bonds. The van der Waals surface area contributed by atoms with Crippen LogP contribution in [-0.4, -0.2) is 40.2 Å². The van der Waals surface area contributed by atoms with Crippen LogP contribution in [0.3, 0.4) is 0 Å². The SMILES string of the molecule is Cc1cccc(C(=O)N2CC3CC2=C2C(=O)N(c4cccc5ccccc45)C(=O)N23)c1. The van der Waals surface area contributed by atoms with Gasteiger partial charge in [0.05, 0.1) is 17.4 Å². The first-order chi connectivity index (χ1) is 15.0. The number of hydrogen-bond donors (Lipinski definition) is 0. The van der Waals surface area contributed by atoms with Gasteiger partial charge in [0.25, 0.3) is 11.8 Å². The summed E-state index contributed by atoms with van der Waals surface area (Å²) in [6.45, 7) is 2.35. The summed E-state index contributed by atoms with van der Waals surface area (Å²) < 4.78 is 0. The summed E-state index contributed by atoms with van der Waals surface area (Å²) in [5, 5.41) is 1.81. The summed E-state index contributed by atoms with van der Waals surface area (Å²) in [7, 11) is 0. The number of imide groups is 1. The second kappa shape index (κ2) is 6.28. The van der Waals surface area contributed by atoms with E-state index in [4.69, 9.17) is 0 Å². The Kier molecular flexibility index (Phi) is 3.63. The lowest BCUT2D eigenvalue weighted by Crippen LogP contribution is -2.43. The number of likely N-dealkylation sites (tertiary alicyclic amines) is 1. The van der Waals surface area contributed by atoms with Gasteiger partial charge in [-0.25, -0.2) is 9.69 Å². The zero-order chi connectivity index (χ0) is 21.3. The average molecular weight is 409 g/mol. The van der Waals surface area contributed by atoms with Crippen molar-refractivity contribution in [2.75, 3.05) is 11.4 Å². The Morgan fingerprint density at radius 1 is 0.968 bits per heavy atom. The second-order valence-electron chi connectivity index (χ2n) is 8.23. The molecule has 1 unspecified atom stereocenters. The van der Waals surface area contributed by atoms with E-state index in [1.54, 1.807) is 21.9 Å². The van der Waals surface area contributed by atoms with E-state index in [2.05, 4.69) is 0 Å². The Hall–Kier alpha value is -3.93. The summed E-state index contributed by atoms with van der Waals surface area (Å²) >= 11 is 0. The molecule has 6 rings (SSSR count). The number of carbonyl (C=O) groups is 3. The monoisotopic (exact) mass is 409 g/mol. The minimum absolute atomic E-state index is 0.128. The van der Waals surface area contributed by atoms with Crippen LogP contribution < -0.4 is 4.90 Å². The summed E-state index contributed by atoms with van der Waals surface area (Å²) in [6, 6.07) is 20.2. The van der Waals surface area contributed by atoms with Gasteiger partial charge in [0.2, 0.25) is 0 Å². The van der Waals surface area contributed by atoms with Crippen molar-refractivity contribution in [3.63, 3.8) is 0 Å². The molecular weight excluding hydrogens is 390 g/mol. The molecule has 3 aromatic rings. The molecule has 2 bridgehead atoms. The lowest BCUT2D eigenvalue weighted by Gasteiger charge is -2.28. The number of fused-ring (bicyclic) bond motifs is 5. The first-order valence-electron chi connectivity index (χ1n) is 10.3. The summed E-state index contributed by atoms with van der Waals surface area (Å²) in [5.74, 6) is -0.488. The van der Waals surface area contributed by atoms with Crippen LogP contribution in [0.25, 0.3) is 10.8 Å². The molecule has 0 N–H and O–H groups in total. The standard InChI is InChI=1S/C25H19N3O3/c1-15-6-4-9-17(12-15)23(29)26-14-18-13-21(26)22-24(30)28(25(31)27(18)22)20-11-5-8-16-7-2-3-10-19(16)20/h2-12,18H,13-14H2,1H3. The van der Waals surface area contributed by atoms with Crippen molar-refractivity contribution in [2.24, 2.45) is 0 Å². The van der Waals surface area contributed by atoms with Crippen LogP contribution in [0, 0.1) is 6.92 Å². The van der Waals surface area contributed by atoms with Gasteiger partial charge in [0.1, 0.15) is 5.70 Å². The minimum Gasteiger partial charge on any atom is -0.308 e. The third-order valence-electron chi connectivity index (χ3n) is 6.35. The molecule has 6 nitrogen and oxygen atoms in total. The third-order valence-corrected chi connectivity index (χ3v) is 6.35. The van der Waals surface area contributed by atoms with Crippen LogP contribution >= 0.6 is 0 Å². The van der Waals surface area contributed by atoms with Crippen LogP contribution in [0.15, 0.2) is 78.1 Å². The van der Waals surface area contributed by atoms with Crippen LogP contribution in [-0.2, 0) is 4.79 Å². The molecule has 31 heavy (non-hydrogen) atoms. The first kappa shape index (κ1) is 17.9. The molecule has 0 radical (unpaired) electrons. The number of amides is 4. The van der Waals surface area contributed by atoms with Gasteiger partial charge in [0.15, 0.2) is 0 Å². The fourth-order valence-corrected chi connectivity index (χ4v) is 4.97. The third kappa shape index (κ3) is 2.42. The lowest BCUT2D eigenvalue weighted by atomic mass is 10.1. The number of nitrogens with zero attached hydrogens (tertiary/aromatic N) is 3. The quantitative estimate of drug-likeness (QED) is 0.600. The molecule has 3 aromatic carbocycles. The van der Waals surface area contributed by atoms with Gasteiger partial charge in [-0.2, -0.15) is 0 Å². The molecule has 152 valence electrons. The molecule has 3 aliphatic heterocycles. The van der Waals surface area contributed by atoms with E-state index in [-0.39, 0.29) is 23.9 Å². The van der Waals surface area contributed by atoms with E-state index in [0.717, 1.165) is 16.3 Å². The predicted octanol–water partition coefficient (Wildman–Crippen LogP) is 4.06. The maximum Gasteiger partial charge on any atom is 0.336 e. The van der Waals surface area contributed by atoms with Crippen LogP contribution in [0.5, 0.6) is 0 Å². The number of rotatable bonds is 2. The van der Waals surface area contributed by atoms with Crippen molar-refractivity contribution in [3.05, 3.63) is 89.3 Å². The van der Waals surface area contributed by atoms with E-state index in [0.29, 0.717) is 35.6 Å². The molecule has 2 saturated heterocycles. The van der Waals surface area contributed by atoms with Crippen molar-refractivity contribution in [1.82, 2.24) is 9.80 Å². The Bertz CT molecular complexity index is 1340. The molecule has 3 aliphatic rings. The van der Waals surface area contributed by atoms with Gasteiger partial charge in [-0.05, 0) is 30.5 Å². The van der Waals surface area contributed by atoms with Crippen molar-refractivity contribution in [3.8, 4) is 0 Å². The van der Waals surface area contributed by atoms with Crippen LogP contribution in [0.4, 0.5) is 10.5 Å². The number of aryl methyl sites for hydroxylation is 1. The Balaban J connectivity index is 1.43. The van der Waals surface area contributed by atoms with Gasteiger partial charge in [-0.3, -0.25) is 14.5 Å². The molecule has 3 heterocycles. The molecule has 0 saturated carbocycles.